The summed E-state index contributed by atoms with van der Waals surface area (Å²) in [4.78, 5) is 14.6. The zero-order valence-electron chi connectivity index (χ0n) is 11.1. The van der Waals surface area contributed by atoms with Crippen LogP contribution in [-0.4, -0.2) is 33.2 Å². The molecule has 1 aliphatic heterocycles. The molecule has 7 heteroatoms. The summed E-state index contributed by atoms with van der Waals surface area (Å²) < 4.78 is 7.48. The van der Waals surface area contributed by atoms with E-state index in [9.17, 15) is 10.1 Å². The Morgan fingerprint density at radius 3 is 2.84 bits per heavy atom. The molecule has 0 spiro atoms. The molecule has 2 heterocycles. The number of anilines is 1. The second-order valence-corrected chi connectivity index (χ2v) is 5.36. The molecule has 0 amide bonds. The fourth-order valence-corrected chi connectivity index (χ4v) is 2.71. The molecule has 2 fully saturated rings. The molecule has 1 aliphatic carbocycles. The van der Waals surface area contributed by atoms with Crippen LogP contribution in [0.15, 0.2) is 0 Å². The van der Waals surface area contributed by atoms with Gasteiger partial charge in [0.05, 0.1) is 12.1 Å². The quantitative estimate of drug-likeness (QED) is 0.661. The number of nitro groups is 1. The second kappa shape index (κ2) is 4.48. The molecule has 1 saturated heterocycles. The summed E-state index contributed by atoms with van der Waals surface area (Å²) in [6, 6.07) is 0.154. The lowest BCUT2D eigenvalue weighted by Crippen LogP contribution is -2.32. The van der Waals surface area contributed by atoms with Crippen LogP contribution in [0.4, 0.5) is 11.6 Å². The van der Waals surface area contributed by atoms with Gasteiger partial charge in [-0.25, -0.2) is 0 Å². The van der Waals surface area contributed by atoms with E-state index in [1.807, 2.05) is 0 Å². The van der Waals surface area contributed by atoms with Crippen LogP contribution in [-0.2, 0) is 11.8 Å². The number of hydrogen-bond acceptors (Lipinski definition) is 5. The minimum atomic E-state index is -0.433. The van der Waals surface area contributed by atoms with E-state index in [1.54, 1.807) is 18.5 Å². The fourth-order valence-electron chi connectivity index (χ4n) is 2.71. The summed E-state index contributed by atoms with van der Waals surface area (Å²) >= 11 is 0. The van der Waals surface area contributed by atoms with Crippen LogP contribution < -0.4 is 5.32 Å². The lowest BCUT2D eigenvalue weighted by molar-refractivity contribution is -0.388. The van der Waals surface area contributed by atoms with E-state index < -0.39 is 4.92 Å². The lowest BCUT2D eigenvalue weighted by atomic mass is 10.1. The van der Waals surface area contributed by atoms with Crippen molar-refractivity contribution in [2.24, 2.45) is 13.0 Å². The van der Waals surface area contributed by atoms with Gasteiger partial charge in [0.15, 0.2) is 0 Å². The SMILES string of the molecule is Cc1nc([N+](=O)[O-])c(NC2CCOC2C2CC2)n1C. The van der Waals surface area contributed by atoms with Crippen molar-refractivity contribution in [3.63, 3.8) is 0 Å². The normalized spacial score (nSPS) is 26.6. The molecule has 104 valence electrons. The van der Waals surface area contributed by atoms with Gasteiger partial charge in [-0.15, -0.1) is 0 Å². The Morgan fingerprint density at radius 1 is 1.47 bits per heavy atom. The molecule has 1 aromatic heterocycles. The third-order valence-electron chi connectivity index (χ3n) is 4.02. The minimum Gasteiger partial charge on any atom is -0.376 e. The molecule has 2 aliphatic rings. The topological polar surface area (TPSA) is 82.2 Å². The first kappa shape index (κ1) is 12.4. The van der Waals surface area contributed by atoms with Crippen LogP contribution in [0.25, 0.3) is 0 Å². The molecule has 7 nitrogen and oxygen atoms in total. The number of aromatic nitrogens is 2. The average Bonchev–Trinajstić information content (AvgIpc) is 3.05. The van der Waals surface area contributed by atoms with Crippen molar-refractivity contribution in [2.75, 3.05) is 11.9 Å². The van der Waals surface area contributed by atoms with Crippen LogP contribution in [0, 0.1) is 23.0 Å². The maximum atomic E-state index is 11.0. The molecule has 3 rings (SSSR count). The summed E-state index contributed by atoms with van der Waals surface area (Å²) in [5, 5.41) is 14.3. The van der Waals surface area contributed by atoms with Crippen LogP contribution in [0.5, 0.6) is 0 Å². The fraction of sp³-hybridized carbons (Fsp3) is 0.750. The number of imidazole rings is 1. The van der Waals surface area contributed by atoms with E-state index in [0.717, 1.165) is 13.0 Å². The smallest absolute Gasteiger partial charge is 0.376 e. The van der Waals surface area contributed by atoms with E-state index in [0.29, 0.717) is 17.6 Å². The zero-order chi connectivity index (χ0) is 13.6. The summed E-state index contributed by atoms with van der Waals surface area (Å²) in [5.41, 5.74) is 0. The van der Waals surface area contributed by atoms with Crippen LogP contribution in [0.2, 0.25) is 0 Å². The summed E-state index contributed by atoms with van der Waals surface area (Å²) in [6.07, 6.45) is 3.49. The Morgan fingerprint density at radius 2 is 2.21 bits per heavy atom. The third kappa shape index (κ3) is 2.18. The van der Waals surface area contributed by atoms with Gasteiger partial charge in [0.2, 0.25) is 11.6 Å². The second-order valence-electron chi connectivity index (χ2n) is 5.36. The van der Waals surface area contributed by atoms with E-state index in [4.69, 9.17) is 4.74 Å². The summed E-state index contributed by atoms with van der Waals surface area (Å²) in [7, 11) is 1.79. The Labute approximate surface area is 111 Å². The van der Waals surface area contributed by atoms with Crippen molar-refractivity contribution in [3.8, 4) is 0 Å². The maximum Gasteiger partial charge on any atom is 0.406 e. The molecule has 2 atom stereocenters. The van der Waals surface area contributed by atoms with Gasteiger partial charge in [-0.3, -0.25) is 4.57 Å². The molecule has 1 N–H and O–H groups in total. The van der Waals surface area contributed by atoms with Crippen molar-refractivity contribution in [2.45, 2.75) is 38.3 Å². The van der Waals surface area contributed by atoms with Gasteiger partial charge in [-0.05, 0) is 35.1 Å². The van der Waals surface area contributed by atoms with Gasteiger partial charge in [0, 0.05) is 20.6 Å². The molecule has 0 radical (unpaired) electrons. The molecule has 1 saturated carbocycles. The third-order valence-corrected chi connectivity index (χ3v) is 4.02. The number of nitrogens with one attached hydrogen (secondary N) is 1. The first-order chi connectivity index (χ1) is 9.08. The molecule has 0 aromatic carbocycles. The largest absolute Gasteiger partial charge is 0.406 e. The summed E-state index contributed by atoms with van der Waals surface area (Å²) in [5.74, 6) is 1.65. The van der Waals surface area contributed by atoms with E-state index >= 15 is 0 Å². The van der Waals surface area contributed by atoms with E-state index in [1.165, 1.54) is 12.8 Å². The van der Waals surface area contributed by atoms with Gasteiger partial charge in [0.1, 0.15) is 0 Å². The highest BCUT2D eigenvalue weighted by Gasteiger charge is 2.41. The minimum absolute atomic E-state index is 0.0959. The highest BCUT2D eigenvalue weighted by molar-refractivity contribution is 5.54. The predicted molar refractivity (Wildman–Crippen MR) is 69.1 cm³/mol. The van der Waals surface area contributed by atoms with Crippen molar-refractivity contribution in [1.29, 1.82) is 0 Å². The molecular formula is C12H18N4O3. The zero-order valence-corrected chi connectivity index (χ0v) is 11.1. The van der Waals surface area contributed by atoms with Gasteiger partial charge in [-0.2, -0.15) is 0 Å². The molecular weight excluding hydrogens is 248 g/mol. The van der Waals surface area contributed by atoms with Crippen molar-refractivity contribution in [1.82, 2.24) is 9.55 Å². The van der Waals surface area contributed by atoms with Crippen LogP contribution in [0.3, 0.4) is 0 Å². The Balaban J connectivity index is 1.84. The Kier molecular flexibility index (Phi) is 2.93. The molecule has 2 unspecified atom stereocenters. The van der Waals surface area contributed by atoms with Crippen LogP contribution in [0.1, 0.15) is 25.1 Å². The van der Waals surface area contributed by atoms with Gasteiger partial charge in [0.25, 0.3) is 0 Å². The standard InChI is InChI=1S/C12H18N4O3/c1-7-13-12(16(17)18)11(15(7)2)14-9-5-6-19-10(9)8-3-4-8/h8-10,14H,3-6H2,1-2H3. The number of rotatable bonds is 4. The number of hydrogen-bond donors (Lipinski definition) is 1. The Hall–Kier alpha value is -1.63. The molecule has 1 aromatic rings. The van der Waals surface area contributed by atoms with Gasteiger partial charge >= 0.3 is 5.82 Å². The predicted octanol–water partition coefficient (Wildman–Crippen LogP) is 1.62. The number of ether oxygens (including phenoxy) is 1. The maximum absolute atomic E-state index is 11.0. The van der Waals surface area contributed by atoms with Crippen LogP contribution >= 0.6 is 0 Å². The highest BCUT2D eigenvalue weighted by atomic mass is 16.6. The van der Waals surface area contributed by atoms with Crippen molar-refractivity contribution >= 4 is 11.6 Å². The van der Waals surface area contributed by atoms with Crippen molar-refractivity contribution < 1.29 is 9.66 Å². The van der Waals surface area contributed by atoms with Gasteiger partial charge in [-0.1, -0.05) is 0 Å². The number of nitrogens with zero attached hydrogens (tertiary/aromatic N) is 3. The van der Waals surface area contributed by atoms with E-state index in [-0.39, 0.29) is 18.0 Å². The van der Waals surface area contributed by atoms with Gasteiger partial charge < -0.3 is 20.2 Å². The highest BCUT2D eigenvalue weighted by Crippen LogP contribution is 2.40. The van der Waals surface area contributed by atoms with Crippen molar-refractivity contribution in [3.05, 3.63) is 15.9 Å². The molecule has 0 bridgehead atoms. The first-order valence-corrected chi connectivity index (χ1v) is 6.63. The monoisotopic (exact) mass is 266 g/mol. The van der Waals surface area contributed by atoms with E-state index in [2.05, 4.69) is 10.3 Å². The summed E-state index contributed by atoms with van der Waals surface area (Å²) in [6.45, 7) is 2.49. The Bertz CT molecular complexity index is 509. The number of aryl methyl sites for hydroxylation is 1. The average molecular weight is 266 g/mol. The first-order valence-electron chi connectivity index (χ1n) is 6.63. The lowest BCUT2D eigenvalue weighted by Gasteiger charge is -2.20. The molecule has 19 heavy (non-hydrogen) atoms.